The van der Waals surface area contributed by atoms with Crippen LogP contribution in [0.15, 0.2) is 35.3 Å². The maximum atomic E-state index is 12.3. The van der Waals surface area contributed by atoms with Gasteiger partial charge in [-0.2, -0.15) is 0 Å². The van der Waals surface area contributed by atoms with Crippen LogP contribution in [-0.2, 0) is 14.3 Å². The van der Waals surface area contributed by atoms with Crippen LogP contribution < -0.4 is 15.5 Å². The van der Waals surface area contributed by atoms with E-state index in [0.29, 0.717) is 32.0 Å². The quantitative estimate of drug-likeness (QED) is 0.459. The van der Waals surface area contributed by atoms with Crippen LogP contribution in [0.2, 0.25) is 0 Å². The number of hydrogen-bond donors (Lipinski definition) is 2. The Hall–Kier alpha value is -2.57. The summed E-state index contributed by atoms with van der Waals surface area (Å²) in [5, 5.41) is 6.43. The van der Waals surface area contributed by atoms with Gasteiger partial charge in [0.1, 0.15) is 0 Å². The Morgan fingerprint density at radius 1 is 1.40 bits per heavy atom. The van der Waals surface area contributed by atoms with E-state index in [2.05, 4.69) is 15.6 Å². The van der Waals surface area contributed by atoms with Crippen molar-refractivity contribution < 1.29 is 14.3 Å². The number of esters is 1. The molecule has 0 aromatic heterocycles. The van der Waals surface area contributed by atoms with Crippen molar-refractivity contribution in [2.24, 2.45) is 10.9 Å². The molecule has 25 heavy (non-hydrogen) atoms. The number of nitrogens with one attached hydrogen (secondary N) is 2. The number of rotatable bonds is 6. The summed E-state index contributed by atoms with van der Waals surface area (Å²) in [6.07, 6.45) is 0.409. The summed E-state index contributed by atoms with van der Waals surface area (Å²) < 4.78 is 4.71. The lowest BCUT2D eigenvalue weighted by Gasteiger charge is -2.19. The fraction of sp³-hybridized carbons (Fsp3) is 0.500. The van der Waals surface area contributed by atoms with Gasteiger partial charge in [0, 0.05) is 25.2 Å². The first kappa shape index (κ1) is 18.8. The third-order valence-electron chi connectivity index (χ3n) is 4.00. The summed E-state index contributed by atoms with van der Waals surface area (Å²) in [6.45, 7) is 5.35. The molecule has 2 unspecified atom stereocenters. The van der Waals surface area contributed by atoms with Gasteiger partial charge in [-0.15, -0.1) is 0 Å². The molecule has 2 rings (SSSR count). The second-order valence-corrected chi connectivity index (χ2v) is 6.03. The molecule has 1 amide bonds. The molecule has 0 bridgehead atoms. The minimum Gasteiger partial charge on any atom is -0.469 e. The predicted molar refractivity (Wildman–Crippen MR) is 97.5 cm³/mol. The zero-order valence-corrected chi connectivity index (χ0v) is 15.0. The number of benzene rings is 1. The molecule has 1 fully saturated rings. The van der Waals surface area contributed by atoms with Gasteiger partial charge in [-0.25, -0.2) is 0 Å². The number of para-hydroxylation sites is 1. The van der Waals surface area contributed by atoms with Gasteiger partial charge in [-0.3, -0.25) is 14.6 Å². The highest BCUT2D eigenvalue weighted by atomic mass is 16.5. The molecule has 2 N–H and O–H groups in total. The van der Waals surface area contributed by atoms with Crippen LogP contribution in [0.3, 0.4) is 0 Å². The predicted octanol–water partition coefficient (Wildman–Crippen LogP) is 1.16. The first-order chi connectivity index (χ1) is 12.0. The summed E-state index contributed by atoms with van der Waals surface area (Å²) in [4.78, 5) is 30.0. The van der Waals surface area contributed by atoms with E-state index in [4.69, 9.17) is 4.74 Å². The fourth-order valence-corrected chi connectivity index (χ4v) is 2.68. The van der Waals surface area contributed by atoms with Gasteiger partial charge in [0.15, 0.2) is 5.96 Å². The van der Waals surface area contributed by atoms with Crippen LogP contribution in [0.25, 0.3) is 0 Å². The van der Waals surface area contributed by atoms with Crippen molar-refractivity contribution in [3.8, 4) is 0 Å². The highest BCUT2D eigenvalue weighted by Gasteiger charge is 2.31. The Labute approximate surface area is 148 Å². The van der Waals surface area contributed by atoms with E-state index in [1.807, 2.05) is 37.3 Å². The van der Waals surface area contributed by atoms with Crippen molar-refractivity contribution in [1.82, 2.24) is 10.6 Å². The van der Waals surface area contributed by atoms with Gasteiger partial charge in [-0.05, 0) is 19.1 Å². The number of carbonyl (C=O) groups excluding carboxylic acids is 2. The standard InChI is InChI=1S/C18H26N4O3/c1-4-19-18(20-11-13(2)17(24)25-3)21-14-10-16(23)22(12-14)15-8-6-5-7-9-15/h5-9,13-14H,4,10-12H2,1-3H3,(H2,19,20,21). The number of ether oxygens (including phenoxy) is 1. The largest absolute Gasteiger partial charge is 0.469 e. The molecular formula is C18H26N4O3. The molecule has 1 aromatic carbocycles. The lowest BCUT2D eigenvalue weighted by Crippen LogP contribution is -2.45. The minimum atomic E-state index is -0.313. The third-order valence-corrected chi connectivity index (χ3v) is 4.00. The van der Waals surface area contributed by atoms with Gasteiger partial charge < -0.3 is 20.3 Å². The van der Waals surface area contributed by atoms with Gasteiger partial charge in [0.25, 0.3) is 0 Å². The zero-order chi connectivity index (χ0) is 18.2. The van der Waals surface area contributed by atoms with Gasteiger partial charge in [0.05, 0.1) is 25.6 Å². The fourth-order valence-electron chi connectivity index (χ4n) is 2.68. The SMILES string of the molecule is CCNC(=NCC(C)C(=O)OC)NC1CC(=O)N(c2ccccc2)C1. The van der Waals surface area contributed by atoms with Crippen LogP contribution in [0, 0.1) is 5.92 Å². The number of anilines is 1. The summed E-state index contributed by atoms with van der Waals surface area (Å²) >= 11 is 0. The molecule has 0 radical (unpaired) electrons. The number of guanidine groups is 1. The Morgan fingerprint density at radius 2 is 2.12 bits per heavy atom. The first-order valence-electron chi connectivity index (χ1n) is 8.53. The Kier molecular flexibility index (Phi) is 6.80. The van der Waals surface area contributed by atoms with Gasteiger partial charge in [0.2, 0.25) is 5.91 Å². The number of aliphatic imine (C=N–C) groups is 1. The minimum absolute atomic E-state index is 0.0288. The van der Waals surface area contributed by atoms with E-state index in [0.717, 1.165) is 5.69 Å². The molecule has 1 aromatic rings. The summed E-state index contributed by atoms with van der Waals surface area (Å²) in [5.74, 6) is 0.0887. The number of amides is 1. The van der Waals surface area contributed by atoms with E-state index >= 15 is 0 Å². The number of nitrogens with zero attached hydrogens (tertiary/aromatic N) is 2. The molecule has 7 heteroatoms. The van der Waals surface area contributed by atoms with E-state index in [9.17, 15) is 9.59 Å². The molecule has 1 saturated heterocycles. The van der Waals surface area contributed by atoms with Gasteiger partial charge in [-0.1, -0.05) is 25.1 Å². The summed E-state index contributed by atoms with van der Waals surface area (Å²) in [5.41, 5.74) is 0.901. The third kappa shape index (κ3) is 5.20. The molecular weight excluding hydrogens is 320 g/mol. The van der Waals surface area contributed by atoms with Crippen LogP contribution >= 0.6 is 0 Å². The first-order valence-corrected chi connectivity index (χ1v) is 8.53. The van der Waals surface area contributed by atoms with Crippen molar-refractivity contribution in [3.05, 3.63) is 30.3 Å². The molecule has 0 aliphatic carbocycles. The smallest absolute Gasteiger partial charge is 0.310 e. The molecule has 2 atom stereocenters. The molecule has 7 nitrogen and oxygen atoms in total. The van der Waals surface area contributed by atoms with Crippen LogP contribution in [0.4, 0.5) is 5.69 Å². The Balaban J connectivity index is 1.98. The van der Waals surface area contributed by atoms with E-state index < -0.39 is 0 Å². The Bertz CT molecular complexity index is 618. The molecule has 1 aliphatic heterocycles. The van der Waals surface area contributed by atoms with Crippen LogP contribution in [0.5, 0.6) is 0 Å². The van der Waals surface area contributed by atoms with Gasteiger partial charge >= 0.3 is 5.97 Å². The van der Waals surface area contributed by atoms with Crippen molar-refractivity contribution >= 4 is 23.5 Å². The van der Waals surface area contributed by atoms with Crippen LogP contribution in [0.1, 0.15) is 20.3 Å². The monoisotopic (exact) mass is 346 g/mol. The molecule has 0 saturated carbocycles. The van der Waals surface area contributed by atoms with E-state index in [1.54, 1.807) is 11.8 Å². The van der Waals surface area contributed by atoms with Crippen LogP contribution in [-0.4, -0.2) is 50.6 Å². The van der Waals surface area contributed by atoms with Crippen molar-refractivity contribution in [1.29, 1.82) is 0 Å². The van der Waals surface area contributed by atoms with Crippen molar-refractivity contribution in [2.45, 2.75) is 26.3 Å². The van der Waals surface area contributed by atoms with E-state index in [1.165, 1.54) is 7.11 Å². The number of carbonyl (C=O) groups is 2. The number of methoxy groups -OCH3 is 1. The Morgan fingerprint density at radius 3 is 2.76 bits per heavy atom. The molecule has 1 aliphatic rings. The van der Waals surface area contributed by atoms with E-state index in [-0.39, 0.29) is 23.8 Å². The zero-order valence-electron chi connectivity index (χ0n) is 15.0. The second-order valence-electron chi connectivity index (χ2n) is 6.03. The van der Waals surface area contributed by atoms with Crippen molar-refractivity contribution in [2.75, 3.05) is 31.6 Å². The average molecular weight is 346 g/mol. The molecule has 0 spiro atoms. The molecule has 1 heterocycles. The lowest BCUT2D eigenvalue weighted by atomic mass is 10.2. The maximum absolute atomic E-state index is 12.3. The second kappa shape index (κ2) is 9.05. The topological polar surface area (TPSA) is 83.0 Å². The lowest BCUT2D eigenvalue weighted by molar-refractivity contribution is -0.144. The highest BCUT2D eigenvalue weighted by molar-refractivity contribution is 5.97. The summed E-state index contributed by atoms with van der Waals surface area (Å²) in [6, 6.07) is 9.60. The maximum Gasteiger partial charge on any atom is 0.310 e. The van der Waals surface area contributed by atoms with Crippen molar-refractivity contribution in [3.63, 3.8) is 0 Å². The number of hydrogen-bond acceptors (Lipinski definition) is 4. The normalized spacial score (nSPS) is 18.8. The average Bonchev–Trinajstić information content (AvgIpc) is 2.99. The molecule has 136 valence electrons. The summed E-state index contributed by atoms with van der Waals surface area (Å²) in [7, 11) is 1.37. The highest BCUT2D eigenvalue weighted by Crippen LogP contribution is 2.20.